The van der Waals surface area contributed by atoms with Crippen LogP contribution in [-0.4, -0.2) is 11.3 Å². The first-order valence-corrected chi connectivity index (χ1v) is 3.10. The molecule has 1 rings (SSSR count). The van der Waals surface area contributed by atoms with E-state index in [0.29, 0.717) is 6.29 Å². The highest BCUT2D eigenvalue weighted by molar-refractivity contribution is 6.29. The van der Waals surface area contributed by atoms with E-state index >= 15 is 0 Å². The second-order valence-corrected chi connectivity index (χ2v) is 2.16. The van der Waals surface area contributed by atoms with E-state index < -0.39 is 0 Å². The number of halogens is 1. The first-order chi connectivity index (χ1) is 5.27. The van der Waals surface area contributed by atoms with E-state index in [4.69, 9.17) is 11.6 Å². The van der Waals surface area contributed by atoms with E-state index in [1.807, 2.05) is 0 Å². The minimum absolute atomic E-state index is 0.00407. The highest BCUT2D eigenvalue weighted by Crippen LogP contribution is 2.18. The van der Waals surface area contributed by atoms with Gasteiger partial charge < -0.3 is 0 Å². The smallest absolute Gasteiger partial charge is 0.152 e. The fourth-order valence-electron chi connectivity index (χ4n) is 0.608. The minimum atomic E-state index is 0.00407. The Morgan fingerprint density at radius 2 is 2.36 bits per heavy atom. The van der Waals surface area contributed by atoms with Gasteiger partial charge in [-0.3, -0.25) is 4.79 Å². The van der Waals surface area contributed by atoms with Crippen LogP contribution in [0.1, 0.15) is 10.4 Å². The summed E-state index contributed by atoms with van der Waals surface area (Å²) in [7, 11) is 0. The number of rotatable bonds is 2. The zero-order chi connectivity index (χ0) is 8.27. The van der Waals surface area contributed by atoms with E-state index in [9.17, 15) is 9.70 Å². The van der Waals surface area contributed by atoms with E-state index in [0.717, 1.165) is 6.20 Å². The summed E-state index contributed by atoms with van der Waals surface area (Å²) < 4.78 is 0. The van der Waals surface area contributed by atoms with Crippen molar-refractivity contribution in [2.24, 2.45) is 5.18 Å². The van der Waals surface area contributed by atoms with Crippen molar-refractivity contribution in [3.8, 4) is 0 Å². The fraction of sp³-hybridized carbons (Fsp3) is 0. The van der Waals surface area contributed by atoms with Crippen molar-refractivity contribution in [3.63, 3.8) is 0 Å². The third-order valence-corrected chi connectivity index (χ3v) is 1.31. The predicted molar refractivity (Wildman–Crippen MR) is 40.1 cm³/mol. The second-order valence-electron chi connectivity index (χ2n) is 1.77. The standard InChI is InChI=1S/C6H3ClN2O2/c7-6-1-4(3-10)5(9-11)2-8-6/h1-3H. The van der Waals surface area contributed by atoms with Crippen molar-refractivity contribution in [1.82, 2.24) is 4.98 Å². The van der Waals surface area contributed by atoms with Crippen LogP contribution in [0.4, 0.5) is 5.69 Å². The van der Waals surface area contributed by atoms with Gasteiger partial charge in [0, 0.05) is 5.56 Å². The van der Waals surface area contributed by atoms with E-state index in [1.54, 1.807) is 0 Å². The van der Waals surface area contributed by atoms with Crippen LogP contribution in [0.2, 0.25) is 5.15 Å². The number of aldehydes is 1. The van der Waals surface area contributed by atoms with Crippen molar-refractivity contribution in [2.45, 2.75) is 0 Å². The lowest BCUT2D eigenvalue weighted by Gasteiger charge is -1.92. The normalized spacial score (nSPS) is 9.18. The molecule has 0 bridgehead atoms. The molecule has 0 atom stereocenters. The molecule has 0 unspecified atom stereocenters. The Kier molecular flexibility index (Phi) is 2.28. The summed E-state index contributed by atoms with van der Waals surface area (Å²) in [6.45, 7) is 0. The summed E-state index contributed by atoms with van der Waals surface area (Å²) in [4.78, 5) is 23.8. The molecule has 11 heavy (non-hydrogen) atoms. The average molecular weight is 171 g/mol. The van der Waals surface area contributed by atoms with Gasteiger partial charge in [0.2, 0.25) is 0 Å². The van der Waals surface area contributed by atoms with Crippen LogP contribution in [0.5, 0.6) is 0 Å². The van der Waals surface area contributed by atoms with E-state index in [1.165, 1.54) is 6.07 Å². The third kappa shape index (κ3) is 1.59. The quantitative estimate of drug-likeness (QED) is 0.387. The Balaban J connectivity index is 3.26. The van der Waals surface area contributed by atoms with Crippen molar-refractivity contribution in [1.29, 1.82) is 0 Å². The lowest BCUT2D eigenvalue weighted by molar-refractivity contribution is 0.112. The molecular formula is C6H3ClN2O2. The molecule has 0 aliphatic rings. The molecule has 0 saturated heterocycles. The first kappa shape index (κ1) is 7.81. The monoisotopic (exact) mass is 170 g/mol. The van der Waals surface area contributed by atoms with Gasteiger partial charge in [0.25, 0.3) is 0 Å². The van der Waals surface area contributed by atoms with E-state index in [-0.39, 0.29) is 16.4 Å². The second kappa shape index (κ2) is 3.21. The predicted octanol–water partition coefficient (Wildman–Crippen LogP) is 1.95. The van der Waals surface area contributed by atoms with Crippen molar-refractivity contribution in [3.05, 3.63) is 27.9 Å². The summed E-state index contributed by atoms with van der Waals surface area (Å²) in [6, 6.07) is 1.28. The van der Waals surface area contributed by atoms with Gasteiger partial charge in [-0.25, -0.2) is 4.98 Å². The zero-order valence-corrected chi connectivity index (χ0v) is 6.08. The van der Waals surface area contributed by atoms with Gasteiger partial charge in [0.05, 0.1) is 6.20 Å². The molecule has 5 heteroatoms. The Morgan fingerprint density at radius 3 is 2.91 bits per heavy atom. The summed E-state index contributed by atoms with van der Waals surface area (Å²) in [5.41, 5.74) is 0.157. The topological polar surface area (TPSA) is 59.4 Å². The highest BCUT2D eigenvalue weighted by atomic mass is 35.5. The van der Waals surface area contributed by atoms with Gasteiger partial charge in [0.15, 0.2) is 6.29 Å². The van der Waals surface area contributed by atoms with Crippen LogP contribution < -0.4 is 0 Å². The number of nitrogens with zero attached hydrogens (tertiary/aromatic N) is 2. The summed E-state index contributed by atoms with van der Waals surface area (Å²) in [5, 5.41) is 2.75. The fourth-order valence-corrected chi connectivity index (χ4v) is 0.774. The van der Waals surface area contributed by atoms with Crippen LogP contribution in [0.25, 0.3) is 0 Å². The van der Waals surface area contributed by atoms with Gasteiger partial charge >= 0.3 is 0 Å². The number of hydrogen-bond acceptors (Lipinski definition) is 4. The summed E-state index contributed by atoms with van der Waals surface area (Å²) in [6.07, 6.45) is 1.66. The molecule has 0 aliphatic heterocycles. The van der Waals surface area contributed by atoms with Crippen LogP contribution in [0, 0.1) is 4.91 Å². The van der Waals surface area contributed by atoms with Crippen molar-refractivity contribution < 1.29 is 4.79 Å². The van der Waals surface area contributed by atoms with Gasteiger partial charge in [-0.2, -0.15) is 0 Å². The number of nitroso groups, excluding NO2 is 1. The average Bonchev–Trinajstić information content (AvgIpc) is 2.04. The number of carbonyl (C=O) groups excluding carboxylic acids is 1. The number of aromatic nitrogens is 1. The van der Waals surface area contributed by atoms with Gasteiger partial charge in [-0.1, -0.05) is 11.6 Å². The SMILES string of the molecule is O=Cc1cc(Cl)ncc1N=O. The molecule has 0 saturated carbocycles. The number of hydrogen-bond donors (Lipinski definition) is 0. The maximum Gasteiger partial charge on any atom is 0.152 e. The molecule has 0 fully saturated rings. The Hall–Kier alpha value is -1.29. The summed E-state index contributed by atoms with van der Waals surface area (Å²) in [5.74, 6) is 0. The van der Waals surface area contributed by atoms with Crippen LogP contribution in [-0.2, 0) is 0 Å². The molecule has 1 heterocycles. The Morgan fingerprint density at radius 1 is 1.64 bits per heavy atom. The summed E-state index contributed by atoms with van der Waals surface area (Å²) >= 11 is 5.44. The third-order valence-electron chi connectivity index (χ3n) is 1.11. The molecule has 1 aromatic heterocycles. The number of pyridine rings is 1. The van der Waals surface area contributed by atoms with Crippen molar-refractivity contribution in [2.75, 3.05) is 0 Å². The van der Waals surface area contributed by atoms with Crippen molar-refractivity contribution >= 4 is 23.6 Å². The Labute approximate surface area is 67.2 Å². The maximum absolute atomic E-state index is 10.3. The molecule has 4 nitrogen and oxygen atoms in total. The molecule has 0 N–H and O–H groups in total. The molecule has 0 radical (unpaired) electrons. The highest BCUT2D eigenvalue weighted by Gasteiger charge is 2.02. The lowest BCUT2D eigenvalue weighted by Crippen LogP contribution is -1.82. The lowest BCUT2D eigenvalue weighted by atomic mass is 10.2. The maximum atomic E-state index is 10.3. The molecule has 0 aliphatic carbocycles. The number of carbonyl (C=O) groups is 1. The molecule has 0 aromatic carbocycles. The van der Waals surface area contributed by atoms with Crippen LogP contribution in [0.15, 0.2) is 17.4 Å². The minimum Gasteiger partial charge on any atom is -0.298 e. The molecule has 56 valence electrons. The zero-order valence-electron chi connectivity index (χ0n) is 5.32. The van der Waals surface area contributed by atoms with Gasteiger partial charge in [0.1, 0.15) is 10.8 Å². The molecule has 0 amide bonds. The molecular weight excluding hydrogens is 168 g/mol. The van der Waals surface area contributed by atoms with Gasteiger partial charge in [-0.05, 0) is 11.2 Å². The van der Waals surface area contributed by atoms with Crippen LogP contribution in [0.3, 0.4) is 0 Å². The first-order valence-electron chi connectivity index (χ1n) is 2.72. The van der Waals surface area contributed by atoms with Gasteiger partial charge in [-0.15, -0.1) is 4.91 Å². The molecule has 1 aromatic rings. The molecule has 0 spiro atoms. The Bertz CT molecular complexity index is 301. The van der Waals surface area contributed by atoms with E-state index in [2.05, 4.69) is 10.2 Å². The van der Waals surface area contributed by atoms with Crippen LogP contribution >= 0.6 is 11.6 Å². The largest absolute Gasteiger partial charge is 0.298 e.